The predicted octanol–water partition coefficient (Wildman–Crippen LogP) is 2.13. The van der Waals surface area contributed by atoms with Crippen molar-refractivity contribution in [2.24, 2.45) is 0 Å². The quantitative estimate of drug-likeness (QED) is 0.338. The fourth-order valence-electron chi connectivity index (χ4n) is 2.42. The van der Waals surface area contributed by atoms with E-state index < -0.39 is 11.7 Å². The number of hydrogen-bond acceptors (Lipinski definition) is 4. The molecular weight excluding hydrogens is 268 g/mol. The van der Waals surface area contributed by atoms with Crippen LogP contribution < -0.4 is 0 Å². The van der Waals surface area contributed by atoms with Crippen LogP contribution in [0.4, 0.5) is 0 Å². The summed E-state index contributed by atoms with van der Waals surface area (Å²) in [5.41, 5.74) is -0.679. The van der Waals surface area contributed by atoms with Crippen molar-refractivity contribution in [3.8, 4) is 11.8 Å². The number of aliphatic hydroxyl groups is 1. The molecule has 3 unspecified atom stereocenters. The van der Waals surface area contributed by atoms with Gasteiger partial charge in [0.1, 0.15) is 23.6 Å². The van der Waals surface area contributed by atoms with E-state index in [0.29, 0.717) is 6.42 Å². The van der Waals surface area contributed by atoms with Gasteiger partial charge in [0.05, 0.1) is 7.11 Å². The van der Waals surface area contributed by atoms with Crippen LogP contribution in [0, 0.1) is 11.8 Å². The van der Waals surface area contributed by atoms with Crippen LogP contribution in [-0.4, -0.2) is 35.8 Å². The number of methoxy groups -OCH3 is 1. The second-order valence-corrected chi connectivity index (χ2v) is 5.40. The third kappa shape index (κ3) is 3.75. The van der Waals surface area contributed by atoms with Crippen LogP contribution in [0.15, 0.2) is 24.0 Å². The number of rotatable bonds is 7. The van der Waals surface area contributed by atoms with Gasteiger partial charge in [0.15, 0.2) is 0 Å². The summed E-state index contributed by atoms with van der Waals surface area (Å²) in [5, 5.41) is 10.2. The second-order valence-electron chi connectivity index (χ2n) is 5.40. The summed E-state index contributed by atoms with van der Waals surface area (Å²) in [6.45, 7) is 2.10. The number of unbranched alkanes of at least 4 members (excludes halogenated alkanes) is 2. The number of ether oxygens (including phenoxy) is 2. The van der Waals surface area contributed by atoms with Gasteiger partial charge in [-0.2, -0.15) is 0 Å². The SMILES string of the molecule is CCCCCC(=O)C#CCC(O)C12C=CC(OC)=CC1O2. The summed E-state index contributed by atoms with van der Waals surface area (Å²) < 4.78 is 10.7. The lowest BCUT2D eigenvalue weighted by atomic mass is 9.92. The Morgan fingerprint density at radius 3 is 3.05 bits per heavy atom. The minimum absolute atomic E-state index is 0.0535. The van der Waals surface area contributed by atoms with Crippen molar-refractivity contribution >= 4 is 5.78 Å². The van der Waals surface area contributed by atoms with Crippen LogP contribution in [0.5, 0.6) is 0 Å². The zero-order chi connectivity index (χ0) is 15.3. The summed E-state index contributed by atoms with van der Waals surface area (Å²) in [5.74, 6) is 6.05. The Morgan fingerprint density at radius 2 is 2.38 bits per heavy atom. The van der Waals surface area contributed by atoms with Crippen molar-refractivity contribution in [2.45, 2.75) is 56.8 Å². The molecule has 1 saturated heterocycles. The molecule has 2 rings (SSSR count). The van der Waals surface area contributed by atoms with Crippen LogP contribution in [-0.2, 0) is 14.3 Å². The fourth-order valence-corrected chi connectivity index (χ4v) is 2.42. The molecular formula is C17H22O4. The third-order valence-electron chi connectivity index (χ3n) is 3.83. The van der Waals surface area contributed by atoms with E-state index >= 15 is 0 Å². The Kier molecular flexibility index (Phi) is 5.22. The Hall–Kier alpha value is -1.57. The summed E-state index contributed by atoms with van der Waals surface area (Å²) in [6, 6.07) is 0. The number of carbonyl (C=O) groups is 1. The Bertz CT molecular complexity index is 509. The van der Waals surface area contributed by atoms with E-state index in [1.807, 2.05) is 12.2 Å². The zero-order valence-corrected chi connectivity index (χ0v) is 12.6. The smallest absolute Gasteiger partial charge is 0.205 e. The van der Waals surface area contributed by atoms with Gasteiger partial charge in [0.25, 0.3) is 0 Å². The number of aliphatic hydroxyl groups excluding tert-OH is 1. The van der Waals surface area contributed by atoms with Gasteiger partial charge in [-0.1, -0.05) is 25.7 Å². The Labute approximate surface area is 125 Å². The van der Waals surface area contributed by atoms with E-state index in [4.69, 9.17) is 9.47 Å². The lowest BCUT2D eigenvalue weighted by Crippen LogP contribution is -2.30. The monoisotopic (exact) mass is 290 g/mol. The number of hydrogen-bond donors (Lipinski definition) is 1. The average Bonchev–Trinajstić information content (AvgIpc) is 3.22. The van der Waals surface area contributed by atoms with E-state index in [0.717, 1.165) is 25.0 Å². The van der Waals surface area contributed by atoms with Gasteiger partial charge in [-0.15, -0.1) is 0 Å². The van der Waals surface area contributed by atoms with Crippen LogP contribution in [0.3, 0.4) is 0 Å². The first-order valence-electron chi connectivity index (χ1n) is 7.45. The maximum Gasteiger partial charge on any atom is 0.205 e. The van der Waals surface area contributed by atoms with Gasteiger partial charge in [0.2, 0.25) is 5.78 Å². The summed E-state index contributed by atoms with van der Waals surface area (Å²) in [7, 11) is 1.59. The zero-order valence-electron chi connectivity index (χ0n) is 12.6. The number of allylic oxidation sites excluding steroid dienone is 1. The van der Waals surface area contributed by atoms with Crippen LogP contribution >= 0.6 is 0 Å². The number of carbonyl (C=O) groups excluding carboxylic acids is 1. The molecule has 0 aromatic heterocycles. The van der Waals surface area contributed by atoms with Crippen molar-refractivity contribution in [3.05, 3.63) is 24.0 Å². The third-order valence-corrected chi connectivity index (χ3v) is 3.83. The van der Waals surface area contributed by atoms with E-state index in [-0.39, 0.29) is 18.3 Å². The molecule has 1 aliphatic carbocycles. The molecule has 21 heavy (non-hydrogen) atoms. The van der Waals surface area contributed by atoms with Crippen molar-refractivity contribution in [1.29, 1.82) is 0 Å². The van der Waals surface area contributed by atoms with Crippen LogP contribution in [0.2, 0.25) is 0 Å². The molecule has 1 fully saturated rings. The van der Waals surface area contributed by atoms with Gasteiger partial charge >= 0.3 is 0 Å². The summed E-state index contributed by atoms with van der Waals surface area (Å²) in [6.07, 6.45) is 8.30. The van der Waals surface area contributed by atoms with Crippen LogP contribution in [0.1, 0.15) is 39.0 Å². The molecule has 0 spiro atoms. The molecule has 2 aliphatic rings. The van der Waals surface area contributed by atoms with Gasteiger partial charge in [0, 0.05) is 12.8 Å². The number of fused-ring (bicyclic) bond motifs is 1. The van der Waals surface area contributed by atoms with E-state index in [1.165, 1.54) is 0 Å². The number of epoxide rings is 1. The minimum atomic E-state index is -0.732. The first-order chi connectivity index (χ1) is 10.1. The van der Waals surface area contributed by atoms with Crippen LogP contribution in [0.25, 0.3) is 0 Å². The van der Waals surface area contributed by atoms with Crippen molar-refractivity contribution in [3.63, 3.8) is 0 Å². The molecule has 0 saturated carbocycles. The maximum absolute atomic E-state index is 11.5. The molecule has 1 aliphatic heterocycles. The lowest BCUT2D eigenvalue weighted by molar-refractivity contribution is -0.113. The molecule has 0 aromatic carbocycles. The fraction of sp³-hybridized carbons (Fsp3) is 0.588. The maximum atomic E-state index is 11.5. The molecule has 0 radical (unpaired) electrons. The highest BCUT2D eigenvalue weighted by Gasteiger charge is 2.59. The van der Waals surface area contributed by atoms with Gasteiger partial charge in [-0.05, 0) is 30.6 Å². The summed E-state index contributed by atoms with van der Waals surface area (Å²) in [4.78, 5) is 11.5. The Morgan fingerprint density at radius 1 is 1.57 bits per heavy atom. The lowest BCUT2D eigenvalue weighted by Gasteiger charge is -2.16. The molecule has 0 aromatic rings. The Balaban J connectivity index is 1.80. The van der Waals surface area contributed by atoms with Gasteiger partial charge in [-0.3, -0.25) is 4.79 Å². The summed E-state index contributed by atoms with van der Waals surface area (Å²) >= 11 is 0. The molecule has 114 valence electrons. The molecule has 4 heteroatoms. The molecule has 1 N–H and O–H groups in total. The largest absolute Gasteiger partial charge is 0.497 e. The molecule has 0 bridgehead atoms. The van der Waals surface area contributed by atoms with Gasteiger partial charge in [-0.25, -0.2) is 0 Å². The topological polar surface area (TPSA) is 59.1 Å². The highest BCUT2D eigenvalue weighted by atomic mass is 16.6. The second kappa shape index (κ2) is 6.93. The van der Waals surface area contributed by atoms with Crippen molar-refractivity contribution < 1.29 is 19.4 Å². The average molecular weight is 290 g/mol. The minimum Gasteiger partial charge on any atom is -0.497 e. The molecule has 1 heterocycles. The van der Waals surface area contributed by atoms with Crippen molar-refractivity contribution in [1.82, 2.24) is 0 Å². The van der Waals surface area contributed by atoms with E-state index in [9.17, 15) is 9.90 Å². The highest BCUT2D eigenvalue weighted by molar-refractivity contribution is 5.95. The first-order valence-corrected chi connectivity index (χ1v) is 7.45. The van der Waals surface area contributed by atoms with Crippen molar-refractivity contribution in [2.75, 3.05) is 7.11 Å². The molecule has 0 amide bonds. The molecule has 4 nitrogen and oxygen atoms in total. The van der Waals surface area contributed by atoms with Gasteiger partial charge < -0.3 is 14.6 Å². The number of Topliss-reactive ketones (excluding diaryl/α,β-unsaturated/α-hetero) is 1. The predicted molar refractivity (Wildman–Crippen MR) is 79.4 cm³/mol. The molecule has 3 atom stereocenters. The first kappa shape index (κ1) is 15.8. The normalized spacial score (nSPS) is 27.0. The standard InChI is InChI=1S/C17H22O4/c1-3-4-5-7-13(18)8-6-9-15(19)17-11-10-14(20-2)12-16(17)21-17/h10-12,15-16,19H,3-5,7,9H2,1-2H3. The van der Waals surface area contributed by atoms with E-state index in [2.05, 4.69) is 18.8 Å². The number of ketones is 1. The van der Waals surface area contributed by atoms with E-state index in [1.54, 1.807) is 13.2 Å². The highest BCUT2D eigenvalue weighted by Crippen LogP contribution is 2.46.